The second-order valence-electron chi connectivity index (χ2n) is 8.01. The van der Waals surface area contributed by atoms with E-state index in [1.165, 1.54) is 11.1 Å². The molecule has 0 saturated heterocycles. The molecule has 33 heavy (non-hydrogen) atoms. The van der Waals surface area contributed by atoms with Crippen molar-refractivity contribution in [1.29, 1.82) is 0 Å². The first-order valence-corrected chi connectivity index (χ1v) is 11.6. The molecule has 0 aromatic carbocycles. The predicted octanol–water partition coefficient (Wildman–Crippen LogP) is 5.97. The van der Waals surface area contributed by atoms with Crippen molar-refractivity contribution in [2.45, 2.75) is 60.8 Å². The largest absolute Gasteiger partial charge is 0.388 e. The summed E-state index contributed by atoms with van der Waals surface area (Å²) in [6.07, 6.45) is 18.0. The Morgan fingerprint density at radius 2 is 1.79 bits per heavy atom. The molecule has 5 heteroatoms. The van der Waals surface area contributed by atoms with Gasteiger partial charge < -0.3 is 16.0 Å². The van der Waals surface area contributed by atoms with Crippen molar-refractivity contribution in [3.63, 3.8) is 0 Å². The molecule has 0 aromatic rings. The minimum Gasteiger partial charge on any atom is -0.388 e. The molecule has 0 radical (unpaired) electrons. The van der Waals surface area contributed by atoms with E-state index in [-0.39, 0.29) is 0 Å². The summed E-state index contributed by atoms with van der Waals surface area (Å²) in [5.41, 5.74) is 12.2. The third-order valence-electron chi connectivity index (χ3n) is 5.06. The van der Waals surface area contributed by atoms with Gasteiger partial charge in [0.05, 0.1) is 5.70 Å². The fourth-order valence-corrected chi connectivity index (χ4v) is 3.07. The van der Waals surface area contributed by atoms with E-state index in [1.807, 2.05) is 52.2 Å². The van der Waals surface area contributed by atoms with Crippen LogP contribution in [-0.2, 0) is 4.79 Å². The van der Waals surface area contributed by atoms with Crippen molar-refractivity contribution in [2.24, 2.45) is 10.7 Å². The summed E-state index contributed by atoms with van der Waals surface area (Å²) in [4.78, 5) is 18.6. The van der Waals surface area contributed by atoms with Gasteiger partial charge in [-0.15, -0.1) is 0 Å². The molecule has 0 rings (SSSR count). The van der Waals surface area contributed by atoms with Crippen LogP contribution < -0.4 is 11.1 Å². The molecule has 0 atom stereocenters. The number of aldehydes is 1. The molecule has 3 N–H and O–H groups in total. The predicted molar refractivity (Wildman–Crippen MR) is 145 cm³/mol. The number of nitrogens with one attached hydrogen (secondary N) is 1. The van der Waals surface area contributed by atoms with E-state index in [1.54, 1.807) is 6.08 Å². The fraction of sp³-hybridized carbons (Fsp3) is 0.429. The van der Waals surface area contributed by atoms with Gasteiger partial charge >= 0.3 is 0 Å². The van der Waals surface area contributed by atoms with Crippen LogP contribution in [0.3, 0.4) is 0 Å². The van der Waals surface area contributed by atoms with E-state index in [4.69, 9.17) is 5.73 Å². The molecule has 0 aliphatic heterocycles. The molecule has 0 fully saturated rings. The van der Waals surface area contributed by atoms with Gasteiger partial charge in [0, 0.05) is 44.2 Å². The zero-order chi connectivity index (χ0) is 25.4. The monoisotopic (exact) mass is 452 g/mol. The molecule has 0 aromatic heterocycles. The number of allylic oxidation sites excluding steroid dienone is 10. The lowest BCUT2D eigenvalue weighted by molar-refractivity contribution is -0.104. The van der Waals surface area contributed by atoms with Gasteiger partial charge in [0.2, 0.25) is 0 Å². The summed E-state index contributed by atoms with van der Waals surface area (Å²) < 4.78 is 0. The molecule has 0 bridgehead atoms. The minimum absolute atomic E-state index is 0.337. The average Bonchev–Trinajstić information content (AvgIpc) is 2.77. The van der Waals surface area contributed by atoms with Crippen LogP contribution in [0.25, 0.3) is 0 Å². The zero-order valence-electron chi connectivity index (χ0n) is 22.1. The minimum atomic E-state index is 0.337. The Hall–Kier alpha value is -3.08. The standard InChI is InChI=1S/C28H44N4O/c1-10-13-14-16-21(4)22(5)24(15-11-2)19-25(27(12-3)30-7)26(20-33)23(6)31-28(29)17-18-32(8)9/h12,14-20,30H,10-11,13H2,1-9H3,(H2,29,31)/b16-14-,18-17-,22-21+,24-15-,25-19-,26-23+,27-12+. The van der Waals surface area contributed by atoms with Crippen LogP contribution in [0, 0.1) is 0 Å². The van der Waals surface area contributed by atoms with Crippen LogP contribution in [0.1, 0.15) is 60.8 Å². The molecule has 0 aliphatic rings. The van der Waals surface area contributed by atoms with E-state index in [9.17, 15) is 4.79 Å². The topological polar surface area (TPSA) is 70.7 Å². The first kappa shape index (κ1) is 29.9. The number of unbranched alkanes of at least 4 members (excludes halogenated alkanes) is 1. The number of rotatable bonds is 13. The summed E-state index contributed by atoms with van der Waals surface area (Å²) in [7, 11) is 5.67. The Kier molecular flexibility index (Phi) is 15.0. The number of nitrogens with zero attached hydrogens (tertiary/aromatic N) is 2. The third-order valence-corrected chi connectivity index (χ3v) is 5.06. The van der Waals surface area contributed by atoms with Crippen LogP contribution in [0.5, 0.6) is 0 Å². The number of carbonyl (C=O) groups is 1. The number of amidine groups is 1. The number of likely N-dealkylation sites (N-methyl/N-ethyl adjacent to an activating group) is 1. The summed E-state index contributed by atoms with van der Waals surface area (Å²) in [5.74, 6) is 0.337. The molecule has 5 nitrogen and oxygen atoms in total. The molecule has 0 amide bonds. The van der Waals surface area contributed by atoms with Gasteiger partial charge in [0.25, 0.3) is 0 Å². The normalized spacial score (nSPS) is 15.7. The SMILES string of the molecule is C\C=C(NC)/C(=C\C(=C\CC)C(\C)=C(C)\C=C/CCC)C(/C=O)=C(C)/N=C(N)\C=C/N(C)C. The molecule has 0 unspecified atom stereocenters. The second-order valence-corrected chi connectivity index (χ2v) is 8.01. The number of carbonyl (C=O) groups excluding carboxylic acids is 1. The first-order valence-electron chi connectivity index (χ1n) is 11.6. The highest BCUT2D eigenvalue weighted by Crippen LogP contribution is 2.26. The molecular formula is C28H44N4O. The van der Waals surface area contributed by atoms with Crippen molar-refractivity contribution in [2.75, 3.05) is 21.1 Å². The summed E-state index contributed by atoms with van der Waals surface area (Å²) >= 11 is 0. The molecule has 0 spiro atoms. The van der Waals surface area contributed by atoms with E-state index in [0.29, 0.717) is 17.1 Å². The molecule has 182 valence electrons. The summed E-state index contributed by atoms with van der Waals surface area (Å²) in [6, 6.07) is 0. The van der Waals surface area contributed by atoms with Gasteiger partial charge in [-0.25, -0.2) is 4.99 Å². The highest BCUT2D eigenvalue weighted by Gasteiger charge is 2.14. The van der Waals surface area contributed by atoms with Crippen LogP contribution in [0.15, 0.2) is 86.9 Å². The maximum atomic E-state index is 12.3. The number of aliphatic imine (C=N–C) groups is 1. The first-order chi connectivity index (χ1) is 15.7. The zero-order valence-corrected chi connectivity index (χ0v) is 22.1. The Balaban J connectivity index is 6.84. The lowest BCUT2D eigenvalue weighted by Gasteiger charge is -2.16. The van der Waals surface area contributed by atoms with Gasteiger partial charge in [0.1, 0.15) is 5.84 Å². The highest BCUT2D eigenvalue weighted by molar-refractivity contribution is 5.93. The number of hydrogen-bond acceptors (Lipinski definition) is 4. The Morgan fingerprint density at radius 1 is 1.12 bits per heavy atom. The van der Waals surface area contributed by atoms with Crippen molar-refractivity contribution in [1.82, 2.24) is 10.2 Å². The molecule has 0 aliphatic carbocycles. The highest BCUT2D eigenvalue weighted by atomic mass is 16.1. The quantitative estimate of drug-likeness (QED) is 0.119. The van der Waals surface area contributed by atoms with E-state index >= 15 is 0 Å². The average molecular weight is 453 g/mol. The van der Waals surface area contributed by atoms with Gasteiger partial charge in [-0.05, 0) is 69.4 Å². The summed E-state index contributed by atoms with van der Waals surface area (Å²) in [5, 5.41) is 3.21. The maximum absolute atomic E-state index is 12.3. The fourth-order valence-electron chi connectivity index (χ4n) is 3.07. The van der Waals surface area contributed by atoms with E-state index in [0.717, 1.165) is 42.4 Å². The second kappa shape index (κ2) is 16.5. The van der Waals surface area contributed by atoms with Crippen LogP contribution in [-0.4, -0.2) is 38.2 Å². The van der Waals surface area contributed by atoms with Crippen molar-refractivity contribution in [3.8, 4) is 0 Å². The van der Waals surface area contributed by atoms with Gasteiger partial charge in [-0.1, -0.05) is 44.6 Å². The lowest BCUT2D eigenvalue weighted by Crippen LogP contribution is -2.14. The molecule has 0 heterocycles. The third kappa shape index (κ3) is 10.9. The molecular weight excluding hydrogens is 408 g/mol. The van der Waals surface area contributed by atoms with Gasteiger partial charge in [0.15, 0.2) is 6.29 Å². The number of hydrogen-bond donors (Lipinski definition) is 2. The van der Waals surface area contributed by atoms with Gasteiger partial charge in [-0.3, -0.25) is 4.79 Å². The Morgan fingerprint density at radius 3 is 2.27 bits per heavy atom. The Bertz CT molecular complexity index is 891. The van der Waals surface area contributed by atoms with Crippen molar-refractivity contribution < 1.29 is 4.79 Å². The number of nitrogens with two attached hydrogens (primary N) is 1. The van der Waals surface area contributed by atoms with E-state index in [2.05, 4.69) is 62.3 Å². The smallest absolute Gasteiger partial charge is 0.152 e. The maximum Gasteiger partial charge on any atom is 0.152 e. The van der Waals surface area contributed by atoms with Crippen LogP contribution in [0.2, 0.25) is 0 Å². The molecule has 0 saturated carbocycles. The summed E-state index contributed by atoms with van der Waals surface area (Å²) in [6.45, 7) is 12.3. The van der Waals surface area contributed by atoms with E-state index < -0.39 is 0 Å². The Labute approximate surface area is 201 Å². The van der Waals surface area contributed by atoms with Crippen LogP contribution >= 0.6 is 0 Å². The lowest BCUT2D eigenvalue weighted by atomic mass is 9.93. The van der Waals surface area contributed by atoms with Crippen molar-refractivity contribution >= 4 is 12.1 Å². The van der Waals surface area contributed by atoms with Gasteiger partial charge in [-0.2, -0.15) is 0 Å². The van der Waals surface area contributed by atoms with Crippen molar-refractivity contribution in [3.05, 3.63) is 81.9 Å². The van der Waals surface area contributed by atoms with Crippen LogP contribution in [0.4, 0.5) is 0 Å².